The maximum absolute atomic E-state index is 12.2. The fraction of sp³-hybridized carbons (Fsp3) is 0.583. The monoisotopic (exact) mass is 399 g/mol. The molecule has 160 valence electrons. The predicted molar refractivity (Wildman–Crippen MR) is 119 cm³/mol. The highest BCUT2D eigenvalue weighted by atomic mass is 16.2. The fourth-order valence-electron chi connectivity index (χ4n) is 3.43. The SMILES string of the molecule is CC(C)(C)N1CCN(C(=O)C2=CC=CC2)CC1.CC(C)(C)NC(=O)C1=CC=CC1. The number of allylic oxidation sites excluding steroid dienone is 6. The Bertz CT molecular complexity index is 722. The van der Waals surface area contributed by atoms with Gasteiger partial charge in [0.05, 0.1) is 0 Å². The Morgan fingerprint density at radius 1 is 0.828 bits per heavy atom. The second-order valence-electron chi connectivity index (χ2n) is 9.80. The maximum Gasteiger partial charge on any atom is 0.250 e. The minimum absolute atomic E-state index is 0.0486. The van der Waals surface area contributed by atoms with Crippen LogP contribution in [0.5, 0.6) is 0 Å². The maximum atomic E-state index is 12.2. The van der Waals surface area contributed by atoms with E-state index >= 15 is 0 Å². The highest BCUT2D eigenvalue weighted by molar-refractivity contribution is 5.95. The van der Waals surface area contributed by atoms with Gasteiger partial charge in [0.1, 0.15) is 0 Å². The lowest BCUT2D eigenvalue weighted by Gasteiger charge is -2.42. The summed E-state index contributed by atoms with van der Waals surface area (Å²) in [6.45, 7) is 16.3. The van der Waals surface area contributed by atoms with E-state index in [9.17, 15) is 9.59 Å². The van der Waals surface area contributed by atoms with E-state index in [-0.39, 0.29) is 22.9 Å². The van der Waals surface area contributed by atoms with E-state index in [1.165, 1.54) is 0 Å². The highest BCUT2D eigenvalue weighted by Crippen LogP contribution is 2.19. The number of amides is 2. The van der Waals surface area contributed by atoms with Gasteiger partial charge in [0.25, 0.3) is 0 Å². The van der Waals surface area contributed by atoms with Gasteiger partial charge in [0.2, 0.25) is 11.8 Å². The van der Waals surface area contributed by atoms with Crippen molar-refractivity contribution < 1.29 is 9.59 Å². The van der Waals surface area contributed by atoms with Gasteiger partial charge in [-0.05, 0) is 54.4 Å². The number of hydrogen-bond acceptors (Lipinski definition) is 3. The number of nitrogens with one attached hydrogen (secondary N) is 1. The van der Waals surface area contributed by atoms with E-state index in [0.29, 0.717) is 0 Å². The van der Waals surface area contributed by atoms with E-state index in [2.05, 4.69) is 31.0 Å². The summed E-state index contributed by atoms with van der Waals surface area (Å²) in [5.74, 6) is 0.274. The fourth-order valence-corrected chi connectivity index (χ4v) is 3.43. The van der Waals surface area contributed by atoms with Gasteiger partial charge in [-0.3, -0.25) is 14.5 Å². The molecule has 0 saturated carbocycles. The molecular formula is C24H37N3O2. The van der Waals surface area contributed by atoms with Crippen LogP contribution < -0.4 is 5.32 Å². The number of carbonyl (C=O) groups is 2. The number of carbonyl (C=O) groups excluding carboxylic acids is 2. The van der Waals surface area contributed by atoms with Crippen molar-refractivity contribution in [3.8, 4) is 0 Å². The summed E-state index contributed by atoms with van der Waals surface area (Å²) in [6, 6.07) is 0. The second kappa shape index (κ2) is 9.57. The number of rotatable bonds is 2. The van der Waals surface area contributed by atoms with Crippen LogP contribution in [0.4, 0.5) is 0 Å². The lowest BCUT2D eigenvalue weighted by atomic mass is 10.0. The van der Waals surface area contributed by atoms with Crippen molar-refractivity contribution in [3.05, 3.63) is 47.6 Å². The van der Waals surface area contributed by atoms with Crippen LogP contribution in [0, 0.1) is 0 Å². The smallest absolute Gasteiger partial charge is 0.250 e. The topological polar surface area (TPSA) is 52.6 Å². The van der Waals surface area contributed by atoms with Crippen molar-refractivity contribution in [2.75, 3.05) is 26.2 Å². The van der Waals surface area contributed by atoms with E-state index < -0.39 is 0 Å². The van der Waals surface area contributed by atoms with E-state index in [4.69, 9.17) is 0 Å². The Morgan fingerprint density at radius 3 is 1.76 bits per heavy atom. The lowest BCUT2D eigenvalue weighted by Crippen LogP contribution is -2.54. The van der Waals surface area contributed by atoms with Crippen LogP contribution in [0.25, 0.3) is 0 Å². The quantitative estimate of drug-likeness (QED) is 0.772. The molecular weight excluding hydrogens is 362 g/mol. The molecule has 0 bridgehead atoms. The molecule has 1 aliphatic heterocycles. The number of piperazine rings is 1. The molecule has 0 atom stereocenters. The van der Waals surface area contributed by atoms with Crippen molar-refractivity contribution >= 4 is 11.8 Å². The van der Waals surface area contributed by atoms with Gasteiger partial charge in [0.15, 0.2) is 0 Å². The molecule has 0 unspecified atom stereocenters. The largest absolute Gasteiger partial charge is 0.348 e. The zero-order valence-corrected chi connectivity index (χ0v) is 18.9. The van der Waals surface area contributed by atoms with Crippen molar-refractivity contribution in [1.82, 2.24) is 15.1 Å². The molecule has 0 spiro atoms. The van der Waals surface area contributed by atoms with Crippen LogP contribution >= 0.6 is 0 Å². The van der Waals surface area contributed by atoms with Crippen LogP contribution in [0.2, 0.25) is 0 Å². The summed E-state index contributed by atoms with van der Waals surface area (Å²) in [5.41, 5.74) is 1.86. The van der Waals surface area contributed by atoms with Crippen molar-refractivity contribution in [2.24, 2.45) is 0 Å². The highest BCUT2D eigenvalue weighted by Gasteiger charge is 2.28. The van der Waals surface area contributed by atoms with Crippen LogP contribution in [-0.4, -0.2) is 58.9 Å². The molecule has 0 aromatic heterocycles. The van der Waals surface area contributed by atoms with Crippen LogP contribution in [-0.2, 0) is 9.59 Å². The molecule has 29 heavy (non-hydrogen) atoms. The van der Waals surface area contributed by atoms with Crippen molar-refractivity contribution in [3.63, 3.8) is 0 Å². The Labute approximate surface area is 176 Å². The van der Waals surface area contributed by atoms with Gasteiger partial charge in [0, 0.05) is 48.4 Å². The van der Waals surface area contributed by atoms with E-state index in [1.54, 1.807) is 0 Å². The molecule has 1 fully saturated rings. The molecule has 1 N–H and O–H groups in total. The molecule has 5 heteroatoms. The second-order valence-corrected chi connectivity index (χ2v) is 9.80. The van der Waals surface area contributed by atoms with Gasteiger partial charge in [-0.25, -0.2) is 0 Å². The first-order valence-electron chi connectivity index (χ1n) is 10.6. The molecule has 1 heterocycles. The number of hydrogen-bond donors (Lipinski definition) is 1. The summed E-state index contributed by atoms with van der Waals surface area (Å²) in [5, 5.41) is 2.91. The molecule has 0 aromatic rings. The van der Waals surface area contributed by atoms with Gasteiger partial charge in [-0.2, -0.15) is 0 Å². The average Bonchev–Trinajstić information content (AvgIpc) is 3.33. The standard InChI is InChI=1S/C14H22N2O.C10H15NO/c1-14(2,3)16-10-8-15(9-11-16)13(17)12-6-4-5-7-12;1-10(2,3)11-9(12)8-6-4-5-7-8/h4-6H,7-11H2,1-3H3;4-6H,7H2,1-3H3,(H,11,12). The minimum Gasteiger partial charge on any atom is -0.348 e. The Morgan fingerprint density at radius 2 is 1.34 bits per heavy atom. The third kappa shape index (κ3) is 7.32. The lowest BCUT2D eigenvalue weighted by molar-refractivity contribution is -0.129. The summed E-state index contributed by atoms with van der Waals surface area (Å²) in [4.78, 5) is 28.0. The molecule has 5 nitrogen and oxygen atoms in total. The third-order valence-corrected chi connectivity index (χ3v) is 5.11. The summed E-state index contributed by atoms with van der Waals surface area (Å²) in [6.07, 6.45) is 13.3. The molecule has 2 amide bonds. The predicted octanol–water partition coefficient (Wildman–Crippen LogP) is 3.60. The average molecular weight is 400 g/mol. The van der Waals surface area contributed by atoms with Crippen LogP contribution in [0.15, 0.2) is 47.6 Å². The Balaban J connectivity index is 0.000000221. The summed E-state index contributed by atoms with van der Waals surface area (Å²) < 4.78 is 0. The van der Waals surface area contributed by atoms with Crippen molar-refractivity contribution in [2.45, 2.75) is 65.5 Å². The third-order valence-electron chi connectivity index (χ3n) is 5.11. The first-order valence-corrected chi connectivity index (χ1v) is 10.6. The van der Waals surface area contributed by atoms with Crippen LogP contribution in [0.1, 0.15) is 54.4 Å². The summed E-state index contributed by atoms with van der Waals surface area (Å²) >= 11 is 0. The first kappa shape index (κ1) is 23.1. The summed E-state index contributed by atoms with van der Waals surface area (Å²) in [7, 11) is 0. The first-order chi connectivity index (χ1) is 13.5. The van der Waals surface area contributed by atoms with Gasteiger partial charge < -0.3 is 10.2 Å². The molecule has 2 aliphatic carbocycles. The molecule has 3 rings (SSSR count). The molecule has 3 aliphatic rings. The van der Waals surface area contributed by atoms with E-state index in [1.807, 2.05) is 62.1 Å². The van der Waals surface area contributed by atoms with Gasteiger partial charge >= 0.3 is 0 Å². The Kier molecular flexibility index (Phi) is 7.64. The van der Waals surface area contributed by atoms with Gasteiger partial charge in [-0.15, -0.1) is 0 Å². The molecule has 1 saturated heterocycles. The molecule has 0 radical (unpaired) electrons. The zero-order valence-electron chi connectivity index (χ0n) is 18.9. The van der Waals surface area contributed by atoms with E-state index in [0.717, 1.165) is 50.2 Å². The van der Waals surface area contributed by atoms with Crippen LogP contribution in [0.3, 0.4) is 0 Å². The minimum atomic E-state index is -0.138. The molecule has 0 aromatic carbocycles. The number of nitrogens with zero attached hydrogens (tertiary/aromatic N) is 2. The van der Waals surface area contributed by atoms with Gasteiger partial charge in [-0.1, -0.05) is 36.5 Å². The Hall–Kier alpha value is -2.14. The zero-order chi connectivity index (χ0) is 21.7. The van der Waals surface area contributed by atoms with Crippen molar-refractivity contribution in [1.29, 1.82) is 0 Å². The normalized spacial score (nSPS) is 19.4.